The number of anilines is 1. The summed E-state index contributed by atoms with van der Waals surface area (Å²) in [4.78, 5) is 43.6. The van der Waals surface area contributed by atoms with Crippen molar-refractivity contribution in [3.05, 3.63) is 71.8 Å². The number of Topliss-reactive ketones (excluding diaryl/α,β-unsaturated/α-hetero) is 1. The smallest absolute Gasteiger partial charge is 0.296 e. The lowest BCUT2D eigenvalue weighted by Gasteiger charge is -2.34. The molecule has 0 aromatic heterocycles. The first-order valence-corrected chi connectivity index (χ1v) is 11.2. The molecular formula is C26H24N2O7. The molecule has 9 heteroatoms. The summed E-state index contributed by atoms with van der Waals surface area (Å²) in [6.45, 7) is 4.70. The first kappa shape index (κ1) is 22.7. The van der Waals surface area contributed by atoms with Crippen molar-refractivity contribution in [1.82, 2.24) is 4.90 Å². The van der Waals surface area contributed by atoms with Crippen LogP contribution in [0.25, 0.3) is 5.76 Å². The van der Waals surface area contributed by atoms with Crippen molar-refractivity contribution in [3.63, 3.8) is 0 Å². The van der Waals surface area contributed by atoms with Crippen LogP contribution in [0.1, 0.15) is 11.1 Å². The Morgan fingerprint density at radius 2 is 1.89 bits per heavy atom. The van der Waals surface area contributed by atoms with E-state index in [2.05, 4.69) is 6.58 Å². The molecule has 3 aliphatic heterocycles. The largest absolute Gasteiger partial charge is 0.507 e. The molecule has 3 aliphatic rings. The number of amides is 2. The number of ketones is 1. The number of likely N-dealkylation sites (tertiary alicyclic amines) is 1. The third-order valence-corrected chi connectivity index (χ3v) is 6.46. The van der Waals surface area contributed by atoms with Gasteiger partial charge in [0.05, 0.1) is 17.9 Å². The molecule has 180 valence electrons. The molecule has 5 rings (SSSR count). The number of fused-ring (bicyclic) bond motifs is 3. The predicted octanol–water partition coefficient (Wildman–Crippen LogP) is 2.21. The van der Waals surface area contributed by atoms with Crippen molar-refractivity contribution in [3.8, 4) is 11.5 Å². The van der Waals surface area contributed by atoms with Crippen LogP contribution < -0.4 is 14.4 Å². The highest BCUT2D eigenvalue weighted by atomic mass is 16.6. The number of carbonyl (C=O) groups is 3. The highest BCUT2D eigenvalue weighted by Gasteiger charge is 2.66. The number of aliphatic hydroxyl groups excluding tert-OH is 1. The Labute approximate surface area is 201 Å². The number of benzene rings is 2. The van der Waals surface area contributed by atoms with Gasteiger partial charge in [0.25, 0.3) is 17.6 Å². The third kappa shape index (κ3) is 3.15. The molecule has 0 bridgehead atoms. The minimum Gasteiger partial charge on any atom is -0.507 e. The van der Waals surface area contributed by atoms with Gasteiger partial charge in [-0.3, -0.25) is 14.4 Å². The second-order valence-corrected chi connectivity index (χ2v) is 8.29. The summed E-state index contributed by atoms with van der Waals surface area (Å²) in [5.41, 5.74) is -0.940. The van der Waals surface area contributed by atoms with E-state index < -0.39 is 28.9 Å². The average Bonchev–Trinajstić information content (AvgIpc) is 3.25. The lowest BCUT2D eigenvalue weighted by molar-refractivity contribution is -0.144. The van der Waals surface area contributed by atoms with Gasteiger partial charge in [0.15, 0.2) is 17.0 Å². The van der Waals surface area contributed by atoms with Crippen LogP contribution in [-0.2, 0) is 24.7 Å². The number of rotatable bonds is 6. The van der Waals surface area contributed by atoms with Crippen molar-refractivity contribution in [2.24, 2.45) is 0 Å². The van der Waals surface area contributed by atoms with Gasteiger partial charge in [-0.2, -0.15) is 0 Å². The third-order valence-electron chi connectivity index (χ3n) is 6.46. The maximum Gasteiger partial charge on any atom is 0.296 e. The monoisotopic (exact) mass is 476 g/mol. The topological polar surface area (TPSA) is 106 Å². The van der Waals surface area contributed by atoms with E-state index in [4.69, 9.17) is 14.2 Å². The molecular weight excluding hydrogens is 452 g/mol. The molecule has 0 saturated carbocycles. The molecule has 0 radical (unpaired) electrons. The molecule has 1 saturated heterocycles. The Morgan fingerprint density at radius 3 is 2.63 bits per heavy atom. The predicted molar refractivity (Wildman–Crippen MR) is 126 cm³/mol. The zero-order valence-electron chi connectivity index (χ0n) is 19.2. The van der Waals surface area contributed by atoms with Crippen LogP contribution in [0.15, 0.2) is 60.7 Å². The fraction of sp³-hybridized carbons (Fsp3) is 0.269. The van der Waals surface area contributed by atoms with E-state index in [1.54, 1.807) is 42.5 Å². The summed E-state index contributed by atoms with van der Waals surface area (Å²) >= 11 is 0. The Bertz CT molecular complexity index is 1280. The summed E-state index contributed by atoms with van der Waals surface area (Å²) in [5, 5.41) is 11.5. The number of carbonyl (C=O) groups excluding carboxylic acids is 3. The molecule has 35 heavy (non-hydrogen) atoms. The summed E-state index contributed by atoms with van der Waals surface area (Å²) in [6.07, 6.45) is 1.57. The number of hydrogen-bond acceptors (Lipinski definition) is 7. The van der Waals surface area contributed by atoms with Crippen LogP contribution in [0.2, 0.25) is 0 Å². The highest BCUT2D eigenvalue weighted by molar-refractivity contribution is 6.50. The summed E-state index contributed by atoms with van der Waals surface area (Å²) in [7, 11) is 1.47. The molecule has 0 aliphatic carbocycles. The van der Waals surface area contributed by atoms with E-state index in [1.165, 1.54) is 23.0 Å². The van der Waals surface area contributed by atoms with Gasteiger partial charge in [-0.25, -0.2) is 0 Å². The van der Waals surface area contributed by atoms with Crippen molar-refractivity contribution in [2.45, 2.75) is 5.54 Å². The fourth-order valence-corrected chi connectivity index (χ4v) is 4.99. The average molecular weight is 476 g/mol. The molecule has 1 fully saturated rings. The van der Waals surface area contributed by atoms with Crippen molar-refractivity contribution in [1.29, 1.82) is 0 Å². The SMILES string of the molecule is C=CCN1C(=O)C2(C(=C(O)c3ccc4c(c3)OCCO4)C(=O)C(=O)N2CCOC)c2ccccc21. The highest BCUT2D eigenvalue weighted by Crippen LogP contribution is 2.53. The Morgan fingerprint density at radius 1 is 1.14 bits per heavy atom. The van der Waals surface area contributed by atoms with Crippen LogP contribution in [0.5, 0.6) is 11.5 Å². The van der Waals surface area contributed by atoms with Crippen molar-refractivity contribution in [2.75, 3.05) is 44.9 Å². The van der Waals surface area contributed by atoms with Crippen molar-refractivity contribution >= 4 is 29.0 Å². The first-order valence-electron chi connectivity index (χ1n) is 11.2. The number of para-hydroxylation sites is 1. The quantitative estimate of drug-likeness (QED) is 0.295. The van der Waals surface area contributed by atoms with E-state index in [-0.39, 0.29) is 30.8 Å². The van der Waals surface area contributed by atoms with Gasteiger partial charge in [0.2, 0.25) is 0 Å². The Hall–Kier alpha value is -4.11. The van der Waals surface area contributed by atoms with Crippen molar-refractivity contribution < 1.29 is 33.7 Å². The number of nitrogens with zero attached hydrogens (tertiary/aromatic N) is 2. The molecule has 1 atom stereocenters. The second-order valence-electron chi connectivity index (χ2n) is 8.29. The number of aliphatic hydroxyl groups is 1. The maximum absolute atomic E-state index is 14.1. The second kappa shape index (κ2) is 8.59. The molecule has 9 nitrogen and oxygen atoms in total. The van der Waals surface area contributed by atoms with Crippen LogP contribution >= 0.6 is 0 Å². The van der Waals surface area contributed by atoms with Crippen LogP contribution in [0, 0.1) is 0 Å². The summed E-state index contributed by atoms with van der Waals surface area (Å²) < 4.78 is 16.3. The van der Waals surface area contributed by atoms with Gasteiger partial charge in [0, 0.05) is 31.3 Å². The zero-order chi connectivity index (χ0) is 24.7. The zero-order valence-corrected chi connectivity index (χ0v) is 19.2. The van der Waals surface area contributed by atoms with E-state index in [0.717, 1.165) is 0 Å². The number of ether oxygens (including phenoxy) is 3. The van der Waals surface area contributed by atoms with Crippen LogP contribution in [-0.4, -0.2) is 67.6 Å². The van der Waals surface area contributed by atoms with E-state index in [0.29, 0.717) is 36.0 Å². The van der Waals surface area contributed by atoms with Crippen LogP contribution in [0.4, 0.5) is 5.69 Å². The summed E-state index contributed by atoms with van der Waals surface area (Å²) in [6, 6.07) is 11.6. The minimum absolute atomic E-state index is 0.0268. The van der Waals surface area contributed by atoms with Crippen LogP contribution in [0.3, 0.4) is 0 Å². The Kier molecular flexibility index (Phi) is 5.56. The minimum atomic E-state index is -1.84. The van der Waals surface area contributed by atoms with Gasteiger partial charge >= 0.3 is 0 Å². The molecule has 1 N–H and O–H groups in total. The molecule has 2 aromatic rings. The number of hydrogen-bond donors (Lipinski definition) is 1. The van der Waals surface area contributed by atoms with Gasteiger partial charge in [0.1, 0.15) is 19.0 Å². The lowest BCUT2D eigenvalue weighted by Crippen LogP contribution is -2.52. The standard InChI is InChI=1S/C26H24N2O7/c1-3-10-27-18-7-5-4-6-17(18)26(25(27)32)21(23(30)24(31)28(26)11-12-33-2)22(29)16-8-9-19-20(15-16)35-14-13-34-19/h3-9,15,29H,1,10-14H2,2H3. The molecule has 2 aromatic carbocycles. The molecule has 3 heterocycles. The van der Waals surface area contributed by atoms with Gasteiger partial charge < -0.3 is 29.1 Å². The van der Waals surface area contributed by atoms with Gasteiger partial charge in [-0.15, -0.1) is 6.58 Å². The lowest BCUT2D eigenvalue weighted by atomic mass is 9.82. The Balaban J connectivity index is 1.78. The fourth-order valence-electron chi connectivity index (χ4n) is 4.99. The maximum atomic E-state index is 14.1. The van der Waals surface area contributed by atoms with E-state index in [1.807, 2.05) is 0 Å². The van der Waals surface area contributed by atoms with E-state index in [9.17, 15) is 19.5 Å². The molecule has 1 unspecified atom stereocenters. The summed E-state index contributed by atoms with van der Waals surface area (Å²) in [5.74, 6) is -1.92. The molecule has 1 spiro atoms. The molecule has 2 amide bonds. The first-order chi connectivity index (χ1) is 17.0. The van der Waals surface area contributed by atoms with E-state index >= 15 is 0 Å². The van der Waals surface area contributed by atoms with Gasteiger partial charge in [-0.1, -0.05) is 24.3 Å². The number of methoxy groups -OCH3 is 1. The van der Waals surface area contributed by atoms with Gasteiger partial charge in [-0.05, 0) is 24.3 Å². The normalized spacial score (nSPS) is 22.1.